The third-order valence-corrected chi connectivity index (χ3v) is 1.44. The van der Waals surface area contributed by atoms with Crippen molar-refractivity contribution in [3.8, 4) is 0 Å². The quantitative estimate of drug-likeness (QED) is 0.680. The van der Waals surface area contributed by atoms with E-state index in [4.69, 9.17) is 4.74 Å². The number of ketones is 1. The second-order valence-corrected chi connectivity index (χ2v) is 2.17. The van der Waals surface area contributed by atoms with Crippen molar-refractivity contribution in [2.24, 2.45) is 5.92 Å². The van der Waals surface area contributed by atoms with Crippen LogP contribution in [0.1, 0.15) is 48.0 Å². The van der Waals surface area contributed by atoms with Gasteiger partial charge in [-0.2, -0.15) is 0 Å². The molecule has 1 unspecified atom stereocenters. The van der Waals surface area contributed by atoms with E-state index < -0.39 is 0 Å². The number of methoxy groups -OCH3 is 1. The SMILES string of the molecule is CC.CC.CCC(COC)C(C)=O. The highest BCUT2D eigenvalue weighted by molar-refractivity contribution is 5.78. The van der Waals surface area contributed by atoms with Crippen LogP contribution in [0.25, 0.3) is 0 Å². The van der Waals surface area contributed by atoms with Crippen LogP contribution >= 0.6 is 0 Å². The van der Waals surface area contributed by atoms with Crippen molar-refractivity contribution < 1.29 is 9.53 Å². The van der Waals surface area contributed by atoms with Crippen LogP contribution in [0.2, 0.25) is 0 Å². The lowest BCUT2D eigenvalue weighted by atomic mass is 10.0. The summed E-state index contributed by atoms with van der Waals surface area (Å²) in [5.41, 5.74) is 0. The highest BCUT2D eigenvalue weighted by Crippen LogP contribution is 2.02. The lowest BCUT2D eigenvalue weighted by molar-refractivity contribution is -0.122. The van der Waals surface area contributed by atoms with Crippen molar-refractivity contribution >= 4 is 5.78 Å². The molecule has 0 aliphatic heterocycles. The van der Waals surface area contributed by atoms with Crippen LogP contribution < -0.4 is 0 Å². The molecular formula is C11H26O2. The van der Waals surface area contributed by atoms with Crippen molar-refractivity contribution in [3.63, 3.8) is 0 Å². The Labute approximate surface area is 83.7 Å². The fourth-order valence-corrected chi connectivity index (χ4v) is 0.724. The van der Waals surface area contributed by atoms with E-state index in [0.29, 0.717) is 6.61 Å². The summed E-state index contributed by atoms with van der Waals surface area (Å²) in [6.45, 7) is 12.2. The number of carbonyl (C=O) groups excluding carboxylic acids is 1. The zero-order chi connectivity index (χ0) is 11.3. The van der Waals surface area contributed by atoms with E-state index in [2.05, 4.69) is 0 Å². The Morgan fingerprint density at radius 1 is 1.23 bits per heavy atom. The molecule has 1 atom stereocenters. The van der Waals surface area contributed by atoms with Gasteiger partial charge in [-0.15, -0.1) is 0 Å². The normalized spacial score (nSPS) is 10.1. The van der Waals surface area contributed by atoms with E-state index in [9.17, 15) is 4.79 Å². The highest BCUT2D eigenvalue weighted by Gasteiger charge is 2.09. The van der Waals surface area contributed by atoms with Crippen LogP contribution in [-0.2, 0) is 9.53 Å². The first kappa shape index (κ1) is 18.4. The third-order valence-electron chi connectivity index (χ3n) is 1.44. The van der Waals surface area contributed by atoms with Gasteiger partial charge in [0.05, 0.1) is 6.61 Å². The third kappa shape index (κ3) is 14.5. The zero-order valence-electron chi connectivity index (χ0n) is 10.3. The number of carbonyl (C=O) groups is 1. The van der Waals surface area contributed by atoms with Gasteiger partial charge in [0.15, 0.2) is 0 Å². The molecule has 0 saturated heterocycles. The Balaban J connectivity index is -0.000000218. The van der Waals surface area contributed by atoms with Crippen LogP contribution in [0.5, 0.6) is 0 Å². The molecule has 13 heavy (non-hydrogen) atoms. The first-order chi connectivity index (χ1) is 6.22. The van der Waals surface area contributed by atoms with Crippen LogP contribution in [0, 0.1) is 5.92 Å². The minimum atomic E-state index is 0.106. The Bertz CT molecular complexity index is 90.1. The van der Waals surface area contributed by atoms with Crippen LogP contribution in [-0.4, -0.2) is 19.5 Å². The maximum Gasteiger partial charge on any atom is 0.135 e. The van der Waals surface area contributed by atoms with Gasteiger partial charge in [-0.3, -0.25) is 4.79 Å². The minimum absolute atomic E-state index is 0.106. The van der Waals surface area contributed by atoms with Gasteiger partial charge in [-0.05, 0) is 13.3 Å². The molecule has 0 aliphatic carbocycles. The Hall–Kier alpha value is -0.370. The van der Waals surface area contributed by atoms with Crippen molar-refractivity contribution in [3.05, 3.63) is 0 Å². The van der Waals surface area contributed by atoms with E-state index in [-0.39, 0.29) is 11.7 Å². The summed E-state index contributed by atoms with van der Waals surface area (Å²) in [5, 5.41) is 0. The molecule has 0 aliphatic rings. The van der Waals surface area contributed by atoms with E-state index >= 15 is 0 Å². The van der Waals surface area contributed by atoms with Gasteiger partial charge in [-0.1, -0.05) is 34.6 Å². The fourth-order valence-electron chi connectivity index (χ4n) is 0.724. The standard InChI is InChI=1S/C7H14O2.2C2H6/c1-4-7(5-9-3)6(2)8;2*1-2/h7H,4-5H2,1-3H3;2*1-2H3. The lowest BCUT2D eigenvalue weighted by Crippen LogP contribution is -2.15. The molecule has 0 N–H and O–H groups in total. The maximum atomic E-state index is 10.7. The van der Waals surface area contributed by atoms with Gasteiger partial charge in [0.1, 0.15) is 5.78 Å². The lowest BCUT2D eigenvalue weighted by Gasteiger charge is -2.07. The number of hydrogen-bond donors (Lipinski definition) is 0. The summed E-state index contributed by atoms with van der Waals surface area (Å²) in [6.07, 6.45) is 0.878. The average Bonchev–Trinajstić information content (AvgIpc) is 2.20. The maximum absolute atomic E-state index is 10.7. The molecule has 2 heteroatoms. The molecule has 0 fully saturated rings. The summed E-state index contributed by atoms with van der Waals surface area (Å²) in [5.74, 6) is 0.328. The van der Waals surface area contributed by atoms with Crippen LogP contribution in [0.3, 0.4) is 0 Å². The number of rotatable bonds is 4. The molecule has 0 bridgehead atoms. The fraction of sp³-hybridized carbons (Fsp3) is 0.909. The first-order valence-corrected chi connectivity index (χ1v) is 5.21. The van der Waals surface area contributed by atoms with Crippen molar-refractivity contribution in [2.45, 2.75) is 48.0 Å². The zero-order valence-corrected chi connectivity index (χ0v) is 10.3. The second-order valence-electron chi connectivity index (χ2n) is 2.17. The van der Waals surface area contributed by atoms with Crippen molar-refractivity contribution in [1.29, 1.82) is 0 Å². The molecule has 0 aromatic rings. The summed E-state index contributed by atoms with van der Waals surface area (Å²) >= 11 is 0. The number of hydrogen-bond acceptors (Lipinski definition) is 2. The molecule has 82 valence electrons. The molecule has 0 heterocycles. The van der Waals surface area contributed by atoms with Gasteiger partial charge < -0.3 is 4.74 Å². The molecule has 0 aromatic carbocycles. The highest BCUT2D eigenvalue weighted by atomic mass is 16.5. The summed E-state index contributed by atoms with van der Waals surface area (Å²) in [7, 11) is 1.62. The van der Waals surface area contributed by atoms with Crippen molar-refractivity contribution in [1.82, 2.24) is 0 Å². The molecule has 0 radical (unpaired) electrons. The monoisotopic (exact) mass is 190 g/mol. The summed E-state index contributed by atoms with van der Waals surface area (Å²) < 4.78 is 4.84. The van der Waals surface area contributed by atoms with Gasteiger partial charge >= 0.3 is 0 Å². The van der Waals surface area contributed by atoms with Gasteiger partial charge in [-0.25, -0.2) is 0 Å². The predicted molar refractivity (Wildman–Crippen MR) is 59.0 cm³/mol. The average molecular weight is 190 g/mol. The van der Waals surface area contributed by atoms with E-state index in [0.717, 1.165) is 6.42 Å². The van der Waals surface area contributed by atoms with Crippen molar-refractivity contribution in [2.75, 3.05) is 13.7 Å². The minimum Gasteiger partial charge on any atom is -0.384 e. The second kappa shape index (κ2) is 17.6. The molecular weight excluding hydrogens is 164 g/mol. The van der Waals surface area contributed by atoms with Crippen LogP contribution in [0.4, 0.5) is 0 Å². The molecule has 0 saturated carbocycles. The van der Waals surface area contributed by atoms with E-state index in [1.54, 1.807) is 14.0 Å². The molecule has 0 rings (SSSR count). The Morgan fingerprint density at radius 2 is 1.62 bits per heavy atom. The topological polar surface area (TPSA) is 26.3 Å². The Kier molecular flexibility index (Phi) is 25.0. The molecule has 0 amide bonds. The Morgan fingerprint density at radius 3 is 1.69 bits per heavy atom. The smallest absolute Gasteiger partial charge is 0.135 e. The van der Waals surface area contributed by atoms with Crippen LogP contribution in [0.15, 0.2) is 0 Å². The van der Waals surface area contributed by atoms with E-state index in [1.807, 2.05) is 34.6 Å². The van der Waals surface area contributed by atoms with E-state index in [1.165, 1.54) is 0 Å². The van der Waals surface area contributed by atoms with Gasteiger partial charge in [0, 0.05) is 13.0 Å². The summed E-state index contributed by atoms with van der Waals surface area (Å²) in [6, 6.07) is 0. The predicted octanol–water partition coefficient (Wildman–Crippen LogP) is 3.30. The van der Waals surface area contributed by atoms with Gasteiger partial charge in [0.25, 0.3) is 0 Å². The molecule has 0 spiro atoms. The number of ether oxygens (including phenoxy) is 1. The first-order valence-electron chi connectivity index (χ1n) is 5.21. The van der Waals surface area contributed by atoms with Gasteiger partial charge in [0.2, 0.25) is 0 Å². The largest absolute Gasteiger partial charge is 0.384 e. The molecule has 2 nitrogen and oxygen atoms in total. The number of Topliss-reactive ketones (excluding diaryl/α,β-unsaturated/α-hetero) is 1. The summed E-state index contributed by atoms with van der Waals surface area (Å²) in [4.78, 5) is 10.7. The molecule has 0 aromatic heterocycles.